The van der Waals surface area contributed by atoms with E-state index >= 15 is 0 Å². The number of ether oxygens (including phenoxy) is 1. The highest BCUT2D eigenvalue weighted by molar-refractivity contribution is 5.88. The molecule has 0 bridgehead atoms. The zero-order valence-corrected chi connectivity index (χ0v) is 20.1. The molecule has 2 heterocycles. The molecule has 1 saturated heterocycles. The second-order valence-corrected chi connectivity index (χ2v) is 9.37. The van der Waals surface area contributed by atoms with E-state index in [1.807, 2.05) is 6.20 Å². The Balaban J connectivity index is 1.37. The molecule has 0 atom stereocenters. The molecule has 1 aromatic heterocycles. The third-order valence-corrected chi connectivity index (χ3v) is 7.26. The molecule has 5 rings (SSSR count). The Bertz CT molecular complexity index is 1150. The predicted octanol–water partition coefficient (Wildman–Crippen LogP) is 4.67. The molecule has 2 aromatic carbocycles. The van der Waals surface area contributed by atoms with Crippen LogP contribution in [0.1, 0.15) is 42.7 Å². The molecule has 7 nitrogen and oxygen atoms in total. The van der Waals surface area contributed by atoms with Gasteiger partial charge in [0.2, 0.25) is 5.95 Å². The number of nitrogens with one attached hydrogen (secondary N) is 1. The number of nitrogens with zero attached hydrogens (tertiary/aromatic N) is 4. The first-order valence-corrected chi connectivity index (χ1v) is 12.3. The SMILES string of the molecule is COc1cc(C)c2cnc(Nc3ccc(N4CCN(CC=O)CC4)cc3)nc2c1C1CCCC1. The van der Waals surface area contributed by atoms with Crippen molar-refractivity contribution in [1.29, 1.82) is 0 Å². The normalized spacial score (nSPS) is 17.3. The zero-order valence-electron chi connectivity index (χ0n) is 20.1. The first-order valence-electron chi connectivity index (χ1n) is 12.3. The van der Waals surface area contributed by atoms with Crippen LogP contribution in [-0.4, -0.2) is 61.0 Å². The highest BCUT2D eigenvalue weighted by Crippen LogP contribution is 2.43. The zero-order chi connectivity index (χ0) is 23.5. The lowest BCUT2D eigenvalue weighted by Crippen LogP contribution is -2.46. The smallest absolute Gasteiger partial charge is 0.227 e. The predicted molar refractivity (Wildman–Crippen MR) is 136 cm³/mol. The minimum Gasteiger partial charge on any atom is -0.496 e. The molecule has 7 heteroatoms. The van der Waals surface area contributed by atoms with E-state index < -0.39 is 0 Å². The van der Waals surface area contributed by atoms with Crippen LogP contribution in [-0.2, 0) is 4.79 Å². The highest BCUT2D eigenvalue weighted by atomic mass is 16.5. The number of rotatable bonds is 7. The Morgan fingerprint density at radius 2 is 1.85 bits per heavy atom. The lowest BCUT2D eigenvalue weighted by molar-refractivity contribution is -0.108. The molecular weight excluding hydrogens is 426 g/mol. The number of methoxy groups -OCH3 is 1. The average molecular weight is 460 g/mol. The van der Waals surface area contributed by atoms with Gasteiger partial charge in [0.25, 0.3) is 0 Å². The maximum Gasteiger partial charge on any atom is 0.227 e. The van der Waals surface area contributed by atoms with E-state index in [1.54, 1.807) is 7.11 Å². The minimum atomic E-state index is 0.493. The second-order valence-electron chi connectivity index (χ2n) is 9.37. The van der Waals surface area contributed by atoms with E-state index in [0.717, 1.165) is 60.4 Å². The largest absolute Gasteiger partial charge is 0.496 e. The number of anilines is 3. The van der Waals surface area contributed by atoms with Gasteiger partial charge in [-0.05, 0) is 61.6 Å². The number of aryl methyl sites for hydroxylation is 1. The third kappa shape index (κ3) is 4.57. The summed E-state index contributed by atoms with van der Waals surface area (Å²) in [6.45, 7) is 6.30. The standard InChI is InChI=1S/C27H33N5O2/c1-19-17-24(34-2)25(20-5-3-4-6-20)26-23(19)18-28-27(30-26)29-21-7-9-22(10-8-21)32-13-11-31(12-14-32)15-16-33/h7-10,16-18,20H,3-6,11-15H2,1-2H3,(H,28,29,30). The van der Waals surface area contributed by atoms with Crippen LogP contribution < -0.4 is 15.0 Å². The molecule has 1 saturated carbocycles. The summed E-state index contributed by atoms with van der Waals surface area (Å²) in [4.78, 5) is 24.9. The van der Waals surface area contributed by atoms with Gasteiger partial charge in [0.15, 0.2) is 0 Å². The van der Waals surface area contributed by atoms with E-state index in [1.165, 1.54) is 36.9 Å². The van der Waals surface area contributed by atoms with Gasteiger partial charge in [0.1, 0.15) is 12.0 Å². The molecular formula is C27H33N5O2. The summed E-state index contributed by atoms with van der Waals surface area (Å²) in [5.74, 6) is 2.04. The monoisotopic (exact) mass is 459 g/mol. The Morgan fingerprint density at radius 3 is 2.53 bits per heavy atom. The summed E-state index contributed by atoms with van der Waals surface area (Å²) >= 11 is 0. The average Bonchev–Trinajstić information content (AvgIpc) is 3.39. The number of aromatic nitrogens is 2. The second kappa shape index (κ2) is 9.97. The van der Waals surface area contributed by atoms with Crippen molar-refractivity contribution in [3.8, 4) is 5.75 Å². The van der Waals surface area contributed by atoms with E-state index in [0.29, 0.717) is 18.4 Å². The number of fused-ring (bicyclic) bond motifs is 1. The van der Waals surface area contributed by atoms with Gasteiger partial charge in [-0.25, -0.2) is 9.97 Å². The van der Waals surface area contributed by atoms with Crippen LogP contribution in [0.15, 0.2) is 36.5 Å². The van der Waals surface area contributed by atoms with Gasteiger partial charge in [0.05, 0.1) is 19.2 Å². The molecule has 1 aliphatic heterocycles. The quantitative estimate of drug-likeness (QED) is 0.515. The maximum atomic E-state index is 10.7. The van der Waals surface area contributed by atoms with E-state index in [2.05, 4.69) is 57.4 Å². The van der Waals surface area contributed by atoms with Crippen molar-refractivity contribution >= 4 is 34.5 Å². The van der Waals surface area contributed by atoms with Gasteiger partial charge in [-0.3, -0.25) is 4.90 Å². The third-order valence-electron chi connectivity index (χ3n) is 7.26. The molecule has 1 aliphatic carbocycles. The fourth-order valence-electron chi connectivity index (χ4n) is 5.36. The van der Waals surface area contributed by atoms with Crippen molar-refractivity contribution in [2.24, 2.45) is 0 Å². The van der Waals surface area contributed by atoms with E-state index in [9.17, 15) is 4.79 Å². The summed E-state index contributed by atoms with van der Waals surface area (Å²) < 4.78 is 5.79. The maximum absolute atomic E-state index is 10.7. The molecule has 1 N–H and O–H groups in total. The van der Waals surface area contributed by atoms with Crippen LogP contribution in [0.4, 0.5) is 17.3 Å². The van der Waals surface area contributed by atoms with Crippen molar-refractivity contribution in [3.05, 3.63) is 47.7 Å². The molecule has 0 radical (unpaired) electrons. The van der Waals surface area contributed by atoms with Gasteiger partial charge in [-0.15, -0.1) is 0 Å². The molecule has 0 amide bonds. The fourth-order valence-corrected chi connectivity index (χ4v) is 5.36. The summed E-state index contributed by atoms with van der Waals surface area (Å²) in [5.41, 5.74) is 5.53. The molecule has 3 aromatic rings. The number of hydrogen-bond acceptors (Lipinski definition) is 7. The molecule has 178 valence electrons. The summed E-state index contributed by atoms with van der Waals surface area (Å²) in [6, 6.07) is 10.6. The van der Waals surface area contributed by atoms with Crippen LogP contribution in [0.3, 0.4) is 0 Å². The number of carbonyl (C=O) groups excluding carboxylic acids is 1. The summed E-state index contributed by atoms with van der Waals surface area (Å²) in [6.07, 6.45) is 7.82. The number of aldehydes is 1. The Labute approximate surface area is 201 Å². The fraction of sp³-hybridized carbons (Fsp3) is 0.444. The lowest BCUT2D eigenvalue weighted by atomic mass is 9.92. The first kappa shape index (κ1) is 22.6. The van der Waals surface area contributed by atoms with Crippen LogP contribution in [0.2, 0.25) is 0 Å². The van der Waals surface area contributed by atoms with Crippen LogP contribution in [0.25, 0.3) is 10.9 Å². The topological polar surface area (TPSA) is 70.6 Å². The number of piperazine rings is 1. The Kier molecular flexibility index (Phi) is 6.63. The van der Waals surface area contributed by atoms with Gasteiger partial charge < -0.3 is 19.7 Å². The summed E-state index contributed by atoms with van der Waals surface area (Å²) in [5, 5.41) is 4.49. The van der Waals surface area contributed by atoms with Crippen LogP contribution in [0.5, 0.6) is 5.75 Å². The van der Waals surface area contributed by atoms with Crippen molar-refractivity contribution < 1.29 is 9.53 Å². The number of benzene rings is 2. The minimum absolute atomic E-state index is 0.493. The molecule has 0 spiro atoms. The van der Waals surface area contributed by atoms with Gasteiger partial charge in [-0.1, -0.05) is 12.8 Å². The Hall–Kier alpha value is -3.19. The van der Waals surface area contributed by atoms with Crippen molar-refractivity contribution in [3.63, 3.8) is 0 Å². The summed E-state index contributed by atoms with van der Waals surface area (Å²) in [7, 11) is 1.75. The van der Waals surface area contributed by atoms with Crippen molar-refractivity contribution in [2.45, 2.75) is 38.5 Å². The van der Waals surface area contributed by atoms with Gasteiger partial charge >= 0.3 is 0 Å². The molecule has 0 unspecified atom stereocenters. The lowest BCUT2D eigenvalue weighted by Gasteiger charge is -2.35. The van der Waals surface area contributed by atoms with Gasteiger partial charge in [-0.2, -0.15) is 0 Å². The van der Waals surface area contributed by atoms with E-state index in [-0.39, 0.29) is 0 Å². The van der Waals surface area contributed by atoms with Crippen molar-refractivity contribution in [1.82, 2.24) is 14.9 Å². The van der Waals surface area contributed by atoms with Crippen molar-refractivity contribution in [2.75, 3.05) is 50.1 Å². The van der Waals surface area contributed by atoms with E-state index in [4.69, 9.17) is 9.72 Å². The Morgan fingerprint density at radius 1 is 1.12 bits per heavy atom. The highest BCUT2D eigenvalue weighted by Gasteiger charge is 2.25. The van der Waals surface area contributed by atoms with Crippen LogP contribution in [0, 0.1) is 6.92 Å². The van der Waals surface area contributed by atoms with Gasteiger partial charge in [0, 0.05) is 54.7 Å². The molecule has 2 fully saturated rings. The van der Waals surface area contributed by atoms with Crippen LogP contribution >= 0.6 is 0 Å². The number of carbonyl (C=O) groups is 1. The first-order chi connectivity index (χ1) is 16.7. The molecule has 2 aliphatic rings. The number of hydrogen-bond donors (Lipinski definition) is 1. The molecule has 34 heavy (non-hydrogen) atoms.